The highest BCUT2D eigenvalue weighted by atomic mass is 19.4. The Bertz CT molecular complexity index is 1250. The number of nitrogen functional groups attached to an aromatic ring is 1. The third-order valence-corrected chi connectivity index (χ3v) is 5.16. The largest absolute Gasteiger partial charge is 0.462 e. The summed E-state index contributed by atoms with van der Waals surface area (Å²) < 4.78 is 47.9. The van der Waals surface area contributed by atoms with Crippen LogP contribution in [0.4, 0.5) is 18.9 Å². The smallest absolute Gasteiger partial charge is 0.433 e. The van der Waals surface area contributed by atoms with Crippen molar-refractivity contribution < 1.29 is 27.8 Å². The number of benzene rings is 1. The predicted octanol–water partition coefficient (Wildman–Crippen LogP) is 2.66. The summed E-state index contributed by atoms with van der Waals surface area (Å²) in [5.74, 6) is 3.58. The van der Waals surface area contributed by atoms with Crippen LogP contribution in [-0.4, -0.2) is 28.4 Å². The van der Waals surface area contributed by atoms with E-state index in [2.05, 4.69) is 5.92 Å². The number of aryl methyl sites for hydroxylation is 1. The van der Waals surface area contributed by atoms with Gasteiger partial charge in [-0.25, -0.2) is 4.79 Å². The molecule has 0 radical (unpaired) electrons. The molecular weight excluding hydrogens is 425 g/mol. The van der Waals surface area contributed by atoms with Crippen molar-refractivity contribution in [3.63, 3.8) is 0 Å². The summed E-state index contributed by atoms with van der Waals surface area (Å²) in [7, 11) is 1.43. The predicted molar refractivity (Wildman–Crippen MR) is 112 cm³/mol. The van der Waals surface area contributed by atoms with Crippen molar-refractivity contribution in [1.82, 2.24) is 4.57 Å². The molecule has 0 saturated carbocycles. The number of halogens is 3. The van der Waals surface area contributed by atoms with Crippen molar-refractivity contribution >= 4 is 17.2 Å². The van der Waals surface area contributed by atoms with Crippen molar-refractivity contribution in [3.05, 3.63) is 68.6 Å². The highest BCUT2D eigenvalue weighted by Crippen LogP contribution is 2.40. The average Bonchev–Trinajstić information content (AvgIpc) is 3.06. The summed E-state index contributed by atoms with van der Waals surface area (Å²) in [5, 5.41) is 10.6. The number of hydrogen-bond donors (Lipinski definition) is 2. The molecule has 0 aliphatic heterocycles. The number of hydrogen-bond acceptors (Lipinski definition) is 5. The maximum atomic E-state index is 13.9. The number of aliphatic hydroxyl groups is 1. The van der Waals surface area contributed by atoms with E-state index in [1.54, 1.807) is 13.8 Å². The number of allylic oxidation sites excluding steroid dienone is 1. The maximum Gasteiger partial charge on any atom is 0.433 e. The van der Waals surface area contributed by atoms with E-state index in [-0.39, 0.29) is 41.0 Å². The average molecular weight is 446 g/mol. The van der Waals surface area contributed by atoms with Crippen molar-refractivity contribution in [2.24, 2.45) is 7.05 Å². The van der Waals surface area contributed by atoms with Gasteiger partial charge in [-0.05, 0) is 31.9 Å². The van der Waals surface area contributed by atoms with Gasteiger partial charge < -0.3 is 20.1 Å². The lowest BCUT2D eigenvalue weighted by Crippen LogP contribution is -2.41. The molecule has 0 amide bonds. The molecule has 32 heavy (non-hydrogen) atoms. The van der Waals surface area contributed by atoms with Crippen LogP contribution in [0.15, 0.2) is 40.8 Å². The minimum absolute atomic E-state index is 0.00594. The lowest BCUT2D eigenvalue weighted by Gasteiger charge is -2.26. The van der Waals surface area contributed by atoms with Crippen molar-refractivity contribution in [2.75, 3.05) is 12.3 Å². The minimum Gasteiger partial charge on any atom is -0.462 e. The fraction of sp³-hybridized carbons (Fsp3) is 0.304. The number of nitrogens with two attached hydrogens (primary N) is 1. The number of rotatable bonds is 3. The van der Waals surface area contributed by atoms with Crippen LogP contribution in [0.25, 0.3) is 5.57 Å². The second-order valence-electron chi connectivity index (χ2n) is 7.45. The zero-order valence-corrected chi connectivity index (χ0v) is 17.6. The van der Waals surface area contributed by atoms with Crippen molar-refractivity contribution in [1.29, 1.82) is 0 Å². The van der Waals surface area contributed by atoms with E-state index in [1.807, 2.05) is 5.92 Å². The van der Waals surface area contributed by atoms with Crippen molar-refractivity contribution in [3.8, 4) is 11.8 Å². The number of anilines is 1. The highest BCUT2D eigenvalue weighted by Gasteiger charge is 2.54. The van der Waals surface area contributed by atoms with Gasteiger partial charge in [0.25, 0.3) is 5.56 Å². The molecule has 0 spiro atoms. The van der Waals surface area contributed by atoms with E-state index >= 15 is 0 Å². The molecule has 2 aromatic rings. The topological polar surface area (TPSA) is 94.5 Å². The summed E-state index contributed by atoms with van der Waals surface area (Å²) in [6.07, 6.45) is -3.76. The minimum atomic E-state index is -5.15. The standard InChI is InChI=1S/C23H21F3N2O4/c1-4-32-21(30)18-13(2)10-17-19(18)14(12-28(3)20(17)29)8-9-22(31,23(24,25)26)15-6-5-7-16(27)11-15/h5-7,11-12,31H,4,10,27H2,1-3H3. The van der Waals surface area contributed by atoms with Crippen LogP contribution in [0.2, 0.25) is 0 Å². The maximum absolute atomic E-state index is 13.9. The van der Waals surface area contributed by atoms with Gasteiger partial charge in [0, 0.05) is 47.6 Å². The third-order valence-electron chi connectivity index (χ3n) is 5.16. The second-order valence-corrected chi connectivity index (χ2v) is 7.45. The Hall–Kier alpha value is -3.51. The molecule has 0 fully saturated rings. The zero-order valence-electron chi connectivity index (χ0n) is 17.6. The molecule has 1 aromatic heterocycles. The number of alkyl halides is 3. The Labute approximate surface area is 182 Å². The van der Waals surface area contributed by atoms with Gasteiger partial charge >= 0.3 is 12.1 Å². The summed E-state index contributed by atoms with van der Waals surface area (Å²) in [6.45, 7) is 3.34. The Balaban J connectivity index is 2.25. The van der Waals surface area contributed by atoms with Gasteiger partial charge in [0.15, 0.2) is 0 Å². The number of esters is 1. The van der Waals surface area contributed by atoms with Crippen LogP contribution in [0.1, 0.15) is 36.1 Å². The molecule has 1 aliphatic carbocycles. The normalized spacial score (nSPS) is 15.0. The molecule has 0 bridgehead atoms. The molecule has 1 aliphatic rings. The summed E-state index contributed by atoms with van der Waals surface area (Å²) >= 11 is 0. The number of nitrogens with zero attached hydrogens (tertiary/aromatic N) is 1. The van der Waals surface area contributed by atoms with E-state index < -0.39 is 28.9 Å². The Morgan fingerprint density at radius 3 is 2.62 bits per heavy atom. The molecule has 9 heteroatoms. The zero-order chi connectivity index (χ0) is 23.8. The molecule has 0 saturated heterocycles. The van der Waals surface area contributed by atoms with E-state index in [0.29, 0.717) is 5.57 Å². The molecular formula is C23H21F3N2O4. The number of carbonyl (C=O) groups excluding carboxylic acids is 1. The lowest BCUT2D eigenvalue weighted by atomic mass is 9.92. The molecule has 6 nitrogen and oxygen atoms in total. The van der Waals surface area contributed by atoms with E-state index in [9.17, 15) is 27.9 Å². The molecule has 3 rings (SSSR count). The second kappa shape index (κ2) is 8.20. The van der Waals surface area contributed by atoms with Gasteiger partial charge in [-0.2, -0.15) is 13.2 Å². The van der Waals surface area contributed by atoms with Crippen molar-refractivity contribution in [2.45, 2.75) is 32.0 Å². The summed E-state index contributed by atoms with van der Waals surface area (Å²) in [5.41, 5.74) is 2.16. The molecule has 1 aromatic carbocycles. The number of ether oxygens (including phenoxy) is 1. The van der Waals surface area contributed by atoms with Crippen LogP contribution in [0, 0.1) is 11.8 Å². The first-order valence-electron chi connectivity index (χ1n) is 9.68. The summed E-state index contributed by atoms with van der Waals surface area (Å²) in [4.78, 5) is 25.1. The van der Waals surface area contributed by atoms with E-state index in [4.69, 9.17) is 10.5 Å². The highest BCUT2D eigenvalue weighted by molar-refractivity contribution is 6.19. The van der Waals surface area contributed by atoms with Crippen LogP contribution < -0.4 is 11.3 Å². The summed E-state index contributed by atoms with van der Waals surface area (Å²) in [6, 6.07) is 4.71. The lowest BCUT2D eigenvalue weighted by molar-refractivity contribution is -0.240. The first-order valence-corrected chi connectivity index (χ1v) is 9.68. The number of fused-ring (bicyclic) bond motifs is 1. The Morgan fingerprint density at radius 2 is 2.03 bits per heavy atom. The number of aromatic nitrogens is 1. The van der Waals surface area contributed by atoms with Gasteiger partial charge in [0.2, 0.25) is 5.60 Å². The first kappa shape index (κ1) is 23.2. The fourth-order valence-corrected chi connectivity index (χ4v) is 3.62. The van der Waals surface area contributed by atoms with Gasteiger partial charge in [0.1, 0.15) is 0 Å². The Morgan fingerprint density at radius 1 is 1.34 bits per heavy atom. The first-order chi connectivity index (χ1) is 14.9. The van der Waals surface area contributed by atoms with Gasteiger partial charge in [-0.3, -0.25) is 4.79 Å². The van der Waals surface area contributed by atoms with Crippen LogP contribution in [0.5, 0.6) is 0 Å². The van der Waals surface area contributed by atoms with Gasteiger partial charge in [-0.15, -0.1) is 0 Å². The molecule has 1 heterocycles. The quantitative estimate of drug-likeness (QED) is 0.430. The monoisotopic (exact) mass is 446 g/mol. The van der Waals surface area contributed by atoms with Crippen LogP contribution in [-0.2, 0) is 28.6 Å². The molecule has 1 atom stereocenters. The molecule has 168 valence electrons. The van der Waals surface area contributed by atoms with Gasteiger partial charge in [0.05, 0.1) is 12.2 Å². The molecule has 1 unspecified atom stereocenters. The SMILES string of the molecule is CCOC(=O)C1=C(C)Cc2c1c(C#CC(O)(c1cccc(N)c1)C(F)(F)F)cn(C)c2=O. The van der Waals surface area contributed by atoms with Gasteiger partial charge in [-0.1, -0.05) is 23.6 Å². The van der Waals surface area contributed by atoms with Crippen LogP contribution in [0.3, 0.4) is 0 Å². The third kappa shape index (κ3) is 3.89. The van der Waals surface area contributed by atoms with Crippen LogP contribution >= 0.6 is 0 Å². The van der Waals surface area contributed by atoms with E-state index in [1.165, 1.54) is 29.9 Å². The Kier molecular flexibility index (Phi) is 5.94. The molecule has 3 N–H and O–H groups in total. The number of pyridine rings is 1. The van der Waals surface area contributed by atoms with E-state index in [0.717, 1.165) is 12.1 Å². The number of carbonyl (C=O) groups is 1. The fourth-order valence-electron chi connectivity index (χ4n) is 3.62.